The van der Waals surface area contributed by atoms with Crippen LogP contribution in [0, 0.1) is 32.4 Å². The number of benzene rings is 2. The Morgan fingerprint density at radius 1 is 1.00 bits per heavy atom. The predicted molar refractivity (Wildman–Crippen MR) is 130 cm³/mol. The van der Waals surface area contributed by atoms with E-state index in [0.29, 0.717) is 24.0 Å². The van der Waals surface area contributed by atoms with Crippen LogP contribution in [-0.4, -0.2) is 43.6 Å². The molecular weight excluding hydrogens is 450 g/mol. The van der Waals surface area contributed by atoms with Crippen LogP contribution in [0.25, 0.3) is 5.78 Å². The minimum Gasteiger partial charge on any atom is -0.438 e. The average Bonchev–Trinajstić information content (AvgIpc) is 3.29. The summed E-state index contributed by atoms with van der Waals surface area (Å²) in [6.45, 7) is 8.41. The van der Waals surface area contributed by atoms with Gasteiger partial charge in [-0.2, -0.15) is 19.6 Å². The molecule has 2 aromatic heterocycles. The lowest BCUT2D eigenvalue weighted by Crippen LogP contribution is -2.38. The van der Waals surface area contributed by atoms with Gasteiger partial charge in [-0.15, -0.1) is 0 Å². The molecule has 9 heteroatoms. The minimum atomic E-state index is -0.815. The van der Waals surface area contributed by atoms with Crippen LogP contribution in [0.3, 0.4) is 0 Å². The lowest BCUT2D eigenvalue weighted by Gasteiger charge is -2.32. The van der Waals surface area contributed by atoms with Crippen LogP contribution in [0.2, 0.25) is 0 Å². The molecule has 0 spiro atoms. The Balaban J connectivity index is 1.28. The molecule has 7 nitrogen and oxygen atoms in total. The van der Waals surface area contributed by atoms with Gasteiger partial charge in [0.2, 0.25) is 5.88 Å². The number of halogens is 2. The Bertz CT molecular complexity index is 1340. The summed E-state index contributed by atoms with van der Waals surface area (Å²) < 4.78 is 34.6. The van der Waals surface area contributed by atoms with Crippen molar-refractivity contribution in [2.45, 2.75) is 46.2 Å². The lowest BCUT2D eigenvalue weighted by atomic mass is 10.0. The van der Waals surface area contributed by atoms with Gasteiger partial charge in [-0.1, -0.05) is 23.8 Å². The number of nitrogens with zero attached hydrogens (tertiary/aromatic N) is 5. The van der Waals surface area contributed by atoms with Gasteiger partial charge in [-0.05, 0) is 62.4 Å². The van der Waals surface area contributed by atoms with Crippen molar-refractivity contribution >= 4 is 11.6 Å². The zero-order valence-corrected chi connectivity index (χ0v) is 20.1. The number of likely N-dealkylation sites (tertiary alicyclic amines) is 1. The second-order valence-electron chi connectivity index (χ2n) is 9.22. The van der Waals surface area contributed by atoms with E-state index < -0.39 is 11.6 Å². The van der Waals surface area contributed by atoms with Crippen LogP contribution in [0.1, 0.15) is 35.1 Å². The third-order valence-electron chi connectivity index (χ3n) is 6.36. The van der Waals surface area contributed by atoms with Gasteiger partial charge < -0.3 is 10.1 Å². The molecule has 0 amide bonds. The summed E-state index contributed by atoms with van der Waals surface area (Å²) in [5.74, 6) is 0.869. The molecule has 4 aromatic rings. The Morgan fingerprint density at radius 3 is 2.46 bits per heavy atom. The first kappa shape index (κ1) is 23.2. The summed E-state index contributed by atoms with van der Waals surface area (Å²) in [4.78, 5) is 11.1. The van der Waals surface area contributed by atoms with Crippen LogP contribution in [-0.2, 0) is 6.54 Å². The van der Waals surface area contributed by atoms with Gasteiger partial charge >= 0.3 is 0 Å². The molecule has 5 rings (SSSR count). The summed E-state index contributed by atoms with van der Waals surface area (Å²) in [5.41, 5.74) is 4.06. The third-order valence-corrected chi connectivity index (χ3v) is 6.36. The van der Waals surface area contributed by atoms with E-state index in [0.717, 1.165) is 48.4 Å². The van der Waals surface area contributed by atoms with Gasteiger partial charge in [-0.25, -0.2) is 8.78 Å². The number of hydrogen-bond acceptors (Lipinski definition) is 6. The van der Waals surface area contributed by atoms with Crippen LogP contribution in [0.15, 0.2) is 42.7 Å². The highest BCUT2D eigenvalue weighted by atomic mass is 19.2. The van der Waals surface area contributed by atoms with E-state index in [4.69, 9.17) is 4.74 Å². The Hall–Kier alpha value is -3.59. The van der Waals surface area contributed by atoms with E-state index in [1.165, 1.54) is 24.0 Å². The number of rotatable bonds is 6. The molecule has 1 aliphatic heterocycles. The van der Waals surface area contributed by atoms with Crippen molar-refractivity contribution in [1.82, 2.24) is 24.5 Å². The van der Waals surface area contributed by atoms with Crippen LogP contribution >= 0.6 is 0 Å². The molecule has 0 radical (unpaired) electrons. The maximum Gasteiger partial charge on any atom is 0.257 e. The Labute approximate surface area is 202 Å². The fraction of sp³-hybridized carbons (Fsp3) is 0.346. The topological polar surface area (TPSA) is 67.6 Å². The molecule has 0 aliphatic carbocycles. The largest absolute Gasteiger partial charge is 0.438 e. The SMILES string of the molecule is Cc1cc(C)c(Oc2cc(NC3CCN(Cc4ccc(F)c(F)c4)CC3)nc3ncnn23)c(C)c1. The number of nitrogens with one attached hydrogen (secondary N) is 1. The first-order valence-corrected chi connectivity index (χ1v) is 11.7. The summed E-state index contributed by atoms with van der Waals surface area (Å²) in [5, 5.41) is 7.79. The average molecular weight is 479 g/mol. The molecule has 1 aliphatic rings. The second-order valence-corrected chi connectivity index (χ2v) is 9.22. The molecule has 1 saturated heterocycles. The highest BCUT2D eigenvalue weighted by Crippen LogP contribution is 2.31. The number of aromatic nitrogens is 4. The van der Waals surface area contributed by atoms with Crippen molar-refractivity contribution in [3.63, 3.8) is 0 Å². The molecule has 182 valence electrons. The van der Waals surface area contributed by atoms with Gasteiger partial charge in [0.15, 0.2) is 11.6 Å². The zero-order valence-electron chi connectivity index (χ0n) is 20.1. The number of fused-ring (bicyclic) bond motifs is 1. The van der Waals surface area contributed by atoms with Crippen LogP contribution in [0.5, 0.6) is 11.6 Å². The number of aryl methyl sites for hydroxylation is 3. The number of piperidine rings is 1. The molecule has 0 atom stereocenters. The summed E-state index contributed by atoms with van der Waals surface area (Å²) in [7, 11) is 0. The molecule has 0 saturated carbocycles. The Morgan fingerprint density at radius 2 is 1.74 bits per heavy atom. The number of hydrogen-bond donors (Lipinski definition) is 1. The molecular formula is C26H28F2N6O. The molecule has 0 unspecified atom stereocenters. The summed E-state index contributed by atoms with van der Waals surface area (Å²) in [6, 6.07) is 10.4. The van der Waals surface area contributed by atoms with E-state index in [1.807, 2.05) is 19.9 Å². The van der Waals surface area contributed by atoms with Crippen LogP contribution < -0.4 is 10.1 Å². The van der Waals surface area contributed by atoms with Gasteiger partial charge in [0, 0.05) is 31.7 Å². The molecule has 2 aromatic carbocycles. The maximum atomic E-state index is 13.5. The summed E-state index contributed by atoms with van der Waals surface area (Å²) in [6.07, 6.45) is 3.26. The van der Waals surface area contributed by atoms with Gasteiger partial charge in [0.05, 0.1) is 0 Å². The van der Waals surface area contributed by atoms with E-state index in [1.54, 1.807) is 10.6 Å². The minimum absolute atomic E-state index is 0.227. The van der Waals surface area contributed by atoms with Crippen molar-refractivity contribution in [1.29, 1.82) is 0 Å². The highest BCUT2D eigenvalue weighted by molar-refractivity contribution is 5.50. The number of ether oxygens (including phenoxy) is 1. The zero-order chi connectivity index (χ0) is 24.5. The molecule has 1 N–H and O–H groups in total. The fourth-order valence-electron chi connectivity index (χ4n) is 4.70. The molecule has 1 fully saturated rings. The summed E-state index contributed by atoms with van der Waals surface area (Å²) >= 11 is 0. The first-order valence-electron chi connectivity index (χ1n) is 11.7. The normalized spacial score (nSPS) is 15.0. The van der Waals surface area contributed by atoms with E-state index >= 15 is 0 Å². The first-order chi connectivity index (χ1) is 16.9. The highest BCUT2D eigenvalue weighted by Gasteiger charge is 2.21. The fourth-order valence-corrected chi connectivity index (χ4v) is 4.70. The standard InChI is InChI=1S/C26H28F2N6O/c1-16-10-17(2)25(18(3)11-16)35-24-13-23(32-26-29-15-30-34(24)26)31-20-6-8-33(9-7-20)14-19-4-5-21(27)22(28)12-19/h4-5,10-13,15,20H,6-9,14H2,1-3H3,(H,29,30,31,32). The van der Waals surface area contributed by atoms with Crippen molar-refractivity contribution in [2.24, 2.45) is 0 Å². The second kappa shape index (κ2) is 9.58. The molecule has 35 heavy (non-hydrogen) atoms. The van der Waals surface area contributed by atoms with Crippen molar-refractivity contribution in [3.05, 3.63) is 76.6 Å². The van der Waals surface area contributed by atoms with Gasteiger partial charge in [0.25, 0.3) is 5.78 Å². The third kappa shape index (κ3) is 5.09. The van der Waals surface area contributed by atoms with E-state index in [2.05, 4.69) is 44.3 Å². The lowest BCUT2D eigenvalue weighted by molar-refractivity contribution is 0.211. The quantitative estimate of drug-likeness (QED) is 0.411. The number of anilines is 1. The van der Waals surface area contributed by atoms with E-state index in [-0.39, 0.29) is 6.04 Å². The Kier molecular flexibility index (Phi) is 6.34. The van der Waals surface area contributed by atoms with Gasteiger partial charge in [0.1, 0.15) is 17.9 Å². The van der Waals surface area contributed by atoms with Crippen molar-refractivity contribution < 1.29 is 13.5 Å². The van der Waals surface area contributed by atoms with Crippen molar-refractivity contribution in [3.8, 4) is 11.6 Å². The van der Waals surface area contributed by atoms with E-state index in [9.17, 15) is 8.78 Å². The van der Waals surface area contributed by atoms with Crippen LogP contribution in [0.4, 0.5) is 14.6 Å². The van der Waals surface area contributed by atoms with Crippen molar-refractivity contribution in [2.75, 3.05) is 18.4 Å². The maximum absolute atomic E-state index is 13.5. The molecule has 3 heterocycles. The predicted octanol–water partition coefficient (Wildman–Crippen LogP) is 5.20. The molecule has 0 bridgehead atoms. The van der Waals surface area contributed by atoms with Gasteiger partial charge in [-0.3, -0.25) is 4.90 Å². The smallest absolute Gasteiger partial charge is 0.257 e. The monoisotopic (exact) mass is 478 g/mol.